The van der Waals surface area contributed by atoms with Gasteiger partial charge in [-0.25, -0.2) is 0 Å². The summed E-state index contributed by atoms with van der Waals surface area (Å²) < 4.78 is 1.65. The second-order valence-corrected chi connectivity index (χ2v) is 7.56. The molecule has 0 aliphatic rings. The number of rotatable bonds is 8. The molecule has 3 aromatic rings. The predicted molar refractivity (Wildman–Crippen MR) is 114 cm³/mol. The van der Waals surface area contributed by atoms with E-state index in [1.165, 1.54) is 17.3 Å². The molecule has 9 nitrogen and oxygen atoms in total. The molecule has 0 bridgehead atoms. The van der Waals surface area contributed by atoms with Gasteiger partial charge in [-0.15, -0.1) is 16.8 Å². The highest BCUT2D eigenvalue weighted by atomic mass is 32.2. The van der Waals surface area contributed by atoms with Crippen molar-refractivity contribution in [1.29, 1.82) is 5.26 Å². The molecule has 10 heteroatoms. The van der Waals surface area contributed by atoms with Crippen molar-refractivity contribution < 1.29 is 9.72 Å². The Labute approximate surface area is 182 Å². The first kappa shape index (κ1) is 21.7. The molecule has 156 valence electrons. The van der Waals surface area contributed by atoms with E-state index >= 15 is 0 Å². The lowest BCUT2D eigenvalue weighted by atomic mass is 10.1. The van der Waals surface area contributed by atoms with Crippen LogP contribution in [0.15, 0.2) is 71.5 Å². The molecule has 0 unspecified atom stereocenters. The average Bonchev–Trinajstić information content (AvgIpc) is 3.18. The molecule has 0 spiro atoms. The van der Waals surface area contributed by atoms with Crippen LogP contribution in [0.3, 0.4) is 0 Å². The van der Waals surface area contributed by atoms with Crippen molar-refractivity contribution in [2.24, 2.45) is 7.05 Å². The number of hydrogen-bond acceptors (Lipinski definition) is 7. The summed E-state index contributed by atoms with van der Waals surface area (Å²) in [5.74, 6) is -0.359. The van der Waals surface area contributed by atoms with E-state index in [1.807, 2.05) is 6.07 Å². The minimum Gasteiger partial charge on any atom is -0.331 e. The highest BCUT2D eigenvalue weighted by molar-refractivity contribution is 7.99. The number of carbonyl (C=O) groups is 1. The SMILES string of the molecule is C=CCN(Cc1ccc(C#N)cc1)C(=O)c1ccc(Sc2nncn2C)c([N+](=O)[O-])c1. The second-order valence-electron chi connectivity index (χ2n) is 6.55. The highest BCUT2D eigenvalue weighted by Crippen LogP contribution is 2.34. The average molecular weight is 434 g/mol. The van der Waals surface area contributed by atoms with Gasteiger partial charge in [0.1, 0.15) is 6.33 Å². The van der Waals surface area contributed by atoms with Crippen LogP contribution in [-0.2, 0) is 13.6 Å². The Morgan fingerprint density at radius 2 is 2.10 bits per heavy atom. The van der Waals surface area contributed by atoms with Crippen molar-refractivity contribution in [3.8, 4) is 6.07 Å². The van der Waals surface area contributed by atoms with E-state index in [9.17, 15) is 14.9 Å². The van der Waals surface area contributed by atoms with Gasteiger partial charge < -0.3 is 9.47 Å². The zero-order valence-electron chi connectivity index (χ0n) is 16.6. The molecule has 0 aliphatic heterocycles. The van der Waals surface area contributed by atoms with Gasteiger partial charge in [-0.1, -0.05) is 18.2 Å². The van der Waals surface area contributed by atoms with Gasteiger partial charge in [0, 0.05) is 31.8 Å². The molecule has 0 fully saturated rings. The third-order valence-electron chi connectivity index (χ3n) is 4.37. The zero-order valence-corrected chi connectivity index (χ0v) is 17.5. The van der Waals surface area contributed by atoms with Crippen LogP contribution in [0.2, 0.25) is 0 Å². The van der Waals surface area contributed by atoms with Crippen molar-refractivity contribution in [2.45, 2.75) is 16.6 Å². The number of nitro groups is 1. The second kappa shape index (κ2) is 9.69. The van der Waals surface area contributed by atoms with Crippen LogP contribution in [0.25, 0.3) is 0 Å². The first-order chi connectivity index (χ1) is 14.9. The fraction of sp³-hybridized carbons (Fsp3) is 0.143. The van der Waals surface area contributed by atoms with Gasteiger partial charge in [-0.2, -0.15) is 5.26 Å². The maximum Gasteiger partial charge on any atom is 0.284 e. The molecular weight excluding hydrogens is 416 g/mol. The standard InChI is InChI=1S/C21H18N6O3S/c1-3-10-26(13-16-6-4-15(12-22)5-7-16)20(28)17-8-9-19(18(11-17)27(29)30)31-21-24-23-14-25(21)2/h3-9,11,14H,1,10,13H2,2H3. The number of aromatic nitrogens is 3. The maximum atomic E-state index is 13.1. The van der Waals surface area contributed by atoms with E-state index < -0.39 is 4.92 Å². The summed E-state index contributed by atoms with van der Waals surface area (Å²) >= 11 is 1.10. The van der Waals surface area contributed by atoms with Crippen molar-refractivity contribution in [3.05, 3.63) is 88.3 Å². The topological polar surface area (TPSA) is 118 Å². The summed E-state index contributed by atoms with van der Waals surface area (Å²) in [5.41, 5.74) is 1.37. The molecule has 0 saturated heterocycles. The lowest BCUT2D eigenvalue weighted by Crippen LogP contribution is -2.30. The number of carbonyl (C=O) groups excluding carboxylic acids is 1. The van der Waals surface area contributed by atoms with Crippen LogP contribution >= 0.6 is 11.8 Å². The molecule has 1 heterocycles. The molecule has 31 heavy (non-hydrogen) atoms. The predicted octanol–water partition coefficient (Wildman–Crippen LogP) is 3.57. The quantitative estimate of drug-likeness (QED) is 0.302. The largest absolute Gasteiger partial charge is 0.331 e. The van der Waals surface area contributed by atoms with Gasteiger partial charge in [0.15, 0.2) is 5.16 Å². The Morgan fingerprint density at radius 1 is 1.35 bits per heavy atom. The Bertz CT molecular complexity index is 1170. The summed E-state index contributed by atoms with van der Waals surface area (Å²) in [7, 11) is 1.74. The van der Waals surface area contributed by atoms with E-state index in [-0.39, 0.29) is 30.2 Å². The van der Waals surface area contributed by atoms with Gasteiger partial charge in [-0.05, 0) is 41.6 Å². The minimum absolute atomic E-state index is 0.184. The molecule has 0 saturated carbocycles. The fourth-order valence-corrected chi connectivity index (χ4v) is 3.66. The van der Waals surface area contributed by atoms with E-state index in [1.54, 1.807) is 54.1 Å². The molecule has 0 atom stereocenters. The van der Waals surface area contributed by atoms with E-state index in [2.05, 4.69) is 16.8 Å². The number of nitrogens with zero attached hydrogens (tertiary/aromatic N) is 6. The van der Waals surface area contributed by atoms with Crippen LogP contribution in [0, 0.1) is 21.4 Å². The third-order valence-corrected chi connectivity index (χ3v) is 5.48. The van der Waals surface area contributed by atoms with Crippen LogP contribution in [0.5, 0.6) is 0 Å². The van der Waals surface area contributed by atoms with Crippen molar-refractivity contribution >= 4 is 23.4 Å². The Balaban J connectivity index is 1.87. The fourth-order valence-electron chi connectivity index (χ4n) is 2.81. The van der Waals surface area contributed by atoms with Crippen LogP contribution < -0.4 is 0 Å². The summed E-state index contributed by atoms with van der Waals surface area (Å²) in [6, 6.07) is 13.3. The smallest absolute Gasteiger partial charge is 0.284 e. The van der Waals surface area contributed by atoms with E-state index in [0.717, 1.165) is 17.3 Å². The molecule has 2 aromatic carbocycles. The maximum absolute atomic E-state index is 13.1. The van der Waals surface area contributed by atoms with Crippen molar-refractivity contribution in [3.63, 3.8) is 0 Å². The number of nitriles is 1. The molecule has 1 amide bonds. The Hall–Kier alpha value is -3.97. The molecule has 0 aliphatic carbocycles. The Morgan fingerprint density at radius 3 is 2.68 bits per heavy atom. The lowest BCUT2D eigenvalue weighted by Gasteiger charge is -2.21. The summed E-state index contributed by atoms with van der Waals surface area (Å²) in [4.78, 5) is 26.1. The minimum atomic E-state index is -0.520. The molecule has 3 rings (SSSR count). The molecule has 0 N–H and O–H groups in total. The molecular formula is C21H18N6O3S. The van der Waals surface area contributed by atoms with Gasteiger partial charge in [0.05, 0.1) is 21.5 Å². The first-order valence-corrected chi connectivity index (χ1v) is 9.94. The number of nitro benzene ring substituents is 1. The number of hydrogen-bond donors (Lipinski definition) is 0. The first-order valence-electron chi connectivity index (χ1n) is 9.12. The third kappa shape index (κ3) is 5.15. The number of benzene rings is 2. The summed E-state index contributed by atoms with van der Waals surface area (Å²) in [6.45, 7) is 4.24. The van der Waals surface area contributed by atoms with Crippen LogP contribution in [0.1, 0.15) is 21.5 Å². The highest BCUT2D eigenvalue weighted by Gasteiger charge is 2.22. The van der Waals surface area contributed by atoms with Crippen molar-refractivity contribution in [1.82, 2.24) is 19.7 Å². The van der Waals surface area contributed by atoms with Crippen LogP contribution in [-0.4, -0.2) is 37.0 Å². The molecule has 0 radical (unpaired) electrons. The summed E-state index contributed by atoms with van der Waals surface area (Å²) in [5, 5.41) is 28.8. The van der Waals surface area contributed by atoms with Gasteiger partial charge in [0.25, 0.3) is 11.6 Å². The monoisotopic (exact) mass is 434 g/mol. The van der Waals surface area contributed by atoms with Gasteiger partial charge in [-0.3, -0.25) is 14.9 Å². The zero-order chi connectivity index (χ0) is 22.4. The number of amides is 1. The van der Waals surface area contributed by atoms with Crippen LogP contribution in [0.4, 0.5) is 5.69 Å². The van der Waals surface area contributed by atoms with Gasteiger partial charge >= 0.3 is 0 Å². The number of aryl methyl sites for hydroxylation is 1. The normalized spacial score (nSPS) is 10.3. The van der Waals surface area contributed by atoms with Crippen molar-refractivity contribution in [2.75, 3.05) is 6.54 Å². The Kier molecular flexibility index (Phi) is 6.79. The van der Waals surface area contributed by atoms with E-state index in [0.29, 0.717) is 15.6 Å². The summed E-state index contributed by atoms with van der Waals surface area (Å²) in [6.07, 6.45) is 3.09. The molecule has 1 aromatic heterocycles. The van der Waals surface area contributed by atoms with E-state index in [4.69, 9.17) is 5.26 Å². The lowest BCUT2D eigenvalue weighted by molar-refractivity contribution is -0.387. The van der Waals surface area contributed by atoms with Gasteiger partial charge in [0.2, 0.25) is 0 Å².